The van der Waals surface area contributed by atoms with Gasteiger partial charge < -0.3 is 20.5 Å². The Labute approximate surface area is 188 Å². The summed E-state index contributed by atoms with van der Waals surface area (Å²) in [6.07, 6.45) is 3.72. The first kappa shape index (κ1) is 23.1. The van der Waals surface area contributed by atoms with Crippen molar-refractivity contribution in [1.82, 2.24) is 9.78 Å². The normalized spacial score (nSPS) is 10.6. The zero-order valence-corrected chi connectivity index (χ0v) is 18.9. The summed E-state index contributed by atoms with van der Waals surface area (Å²) in [5.41, 5.74) is 9.22. The molecule has 1 heterocycles. The number of carbonyl (C=O) groups excluding carboxylic acids is 1. The first-order chi connectivity index (χ1) is 15.6. The fourth-order valence-electron chi connectivity index (χ4n) is 3.40. The number of anilines is 2. The van der Waals surface area contributed by atoms with Crippen molar-refractivity contribution in [3.63, 3.8) is 0 Å². The molecule has 2 amide bonds. The smallest absolute Gasteiger partial charge is 0.324 e. The molecule has 3 aromatic rings. The van der Waals surface area contributed by atoms with Gasteiger partial charge in [0.05, 0.1) is 25.6 Å². The van der Waals surface area contributed by atoms with Crippen molar-refractivity contribution < 1.29 is 14.3 Å². The molecular weight excluding hydrogens is 406 g/mol. The number of nitrogens with one attached hydrogen (secondary N) is 2. The molecule has 0 radical (unpaired) electrons. The number of urea groups is 1. The summed E-state index contributed by atoms with van der Waals surface area (Å²) in [5, 5.41) is 10.5. The number of ether oxygens (including phenoxy) is 2. The lowest BCUT2D eigenvalue weighted by atomic mass is 10.1. The van der Waals surface area contributed by atoms with Gasteiger partial charge in [-0.1, -0.05) is 25.5 Å². The van der Waals surface area contributed by atoms with Crippen LogP contribution in [0.3, 0.4) is 0 Å². The zero-order chi connectivity index (χ0) is 22.9. The van der Waals surface area contributed by atoms with E-state index in [1.807, 2.05) is 30.3 Å². The van der Waals surface area contributed by atoms with Crippen LogP contribution in [-0.2, 0) is 12.8 Å². The monoisotopic (exact) mass is 437 g/mol. The summed E-state index contributed by atoms with van der Waals surface area (Å²) in [7, 11) is 3.12. The van der Waals surface area contributed by atoms with Crippen LogP contribution in [0.25, 0.3) is 5.69 Å². The number of unbranched alkanes of at least 4 members (excludes halogenated alkanes) is 1. The number of aryl methyl sites for hydroxylation is 1. The molecule has 3 rings (SSSR count). The van der Waals surface area contributed by atoms with Crippen molar-refractivity contribution in [2.24, 2.45) is 5.73 Å². The number of aromatic nitrogens is 2. The Morgan fingerprint density at radius 2 is 1.84 bits per heavy atom. The number of hydrogen-bond acceptors (Lipinski definition) is 5. The minimum Gasteiger partial charge on any atom is -0.493 e. The number of amides is 2. The van der Waals surface area contributed by atoms with E-state index in [4.69, 9.17) is 20.3 Å². The summed E-state index contributed by atoms with van der Waals surface area (Å²) in [6, 6.07) is 14.8. The molecule has 0 saturated carbocycles. The van der Waals surface area contributed by atoms with Crippen molar-refractivity contribution in [3.05, 3.63) is 59.8 Å². The van der Waals surface area contributed by atoms with Gasteiger partial charge in [-0.15, -0.1) is 0 Å². The average Bonchev–Trinajstić information content (AvgIpc) is 3.20. The Bertz CT molecular complexity index is 1050. The van der Waals surface area contributed by atoms with E-state index in [1.165, 1.54) is 0 Å². The molecule has 2 aromatic carbocycles. The predicted octanol–water partition coefficient (Wildman–Crippen LogP) is 4.38. The summed E-state index contributed by atoms with van der Waals surface area (Å²) in [4.78, 5) is 12.8. The fourth-order valence-corrected chi connectivity index (χ4v) is 3.40. The van der Waals surface area contributed by atoms with Crippen LogP contribution in [-0.4, -0.2) is 36.6 Å². The number of methoxy groups -OCH3 is 2. The van der Waals surface area contributed by atoms with E-state index < -0.39 is 0 Å². The lowest BCUT2D eigenvalue weighted by Crippen LogP contribution is -2.21. The summed E-state index contributed by atoms with van der Waals surface area (Å²) < 4.78 is 12.3. The first-order valence-corrected chi connectivity index (χ1v) is 10.8. The Kier molecular flexibility index (Phi) is 8.10. The van der Waals surface area contributed by atoms with E-state index in [0.29, 0.717) is 29.5 Å². The van der Waals surface area contributed by atoms with Crippen LogP contribution < -0.4 is 25.8 Å². The zero-order valence-electron chi connectivity index (χ0n) is 18.9. The Morgan fingerprint density at radius 1 is 1.03 bits per heavy atom. The standard InChI is InChI=1S/C24H31N5O3/c1-4-5-8-19-16-23(29(28-19)20-9-6-7-17(14-20)12-13-25)27-24(30)26-18-10-11-21(31-2)22(15-18)32-3/h6-7,9-11,14-16H,4-5,8,12-13,25H2,1-3H3,(H2,26,27,30). The summed E-state index contributed by atoms with van der Waals surface area (Å²) in [5.74, 6) is 1.72. The van der Waals surface area contributed by atoms with E-state index >= 15 is 0 Å². The summed E-state index contributed by atoms with van der Waals surface area (Å²) >= 11 is 0. The van der Waals surface area contributed by atoms with Crippen molar-refractivity contribution in [1.29, 1.82) is 0 Å². The van der Waals surface area contributed by atoms with Gasteiger partial charge >= 0.3 is 6.03 Å². The maximum atomic E-state index is 12.8. The molecule has 0 fully saturated rings. The maximum Gasteiger partial charge on any atom is 0.324 e. The molecule has 8 heteroatoms. The van der Waals surface area contributed by atoms with Crippen LogP contribution in [0.1, 0.15) is 31.0 Å². The van der Waals surface area contributed by atoms with Gasteiger partial charge in [0.1, 0.15) is 5.82 Å². The van der Waals surface area contributed by atoms with Gasteiger partial charge in [-0.3, -0.25) is 5.32 Å². The van der Waals surface area contributed by atoms with E-state index in [9.17, 15) is 4.79 Å². The topological polar surface area (TPSA) is 103 Å². The minimum atomic E-state index is -0.376. The van der Waals surface area contributed by atoms with Crippen LogP contribution in [0.15, 0.2) is 48.5 Å². The number of benzene rings is 2. The minimum absolute atomic E-state index is 0.376. The second-order valence-corrected chi connectivity index (χ2v) is 7.39. The molecule has 0 aliphatic carbocycles. The highest BCUT2D eigenvalue weighted by Crippen LogP contribution is 2.30. The Hall–Kier alpha value is -3.52. The van der Waals surface area contributed by atoms with E-state index in [0.717, 1.165) is 42.6 Å². The average molecular weight is 438 g/mol. The predicted molar refractivity (Wildman–Crippen MR) is 127 cm³/mol. The Morgan fingerprint density at radius 3 is 2.56 bits per heavy atom. The van der Waals surface area contributed by atoms with Gasteiger partial charge in [-0.2, -0.15) is 5.10 Å². The van der Waals surface area contributed by atoms with Crippen molar-refractivity contribution in [2.75, 3.05) is 31.4 Å². The quantitative estimate of drug-likeness (QED) is 0.437. The van der Waals surface area contributed by atoms with E-state index in [1.54, 1.807) is 37.1 Å². The molecule has 0 aliphatic heterocycles. The maximum absolute atomic E-state index is 12.8. The van der Waals surface area contributed by atoms with Gasteiger partial charge in [-0.05, 0) is 55.6 Å². The molecule has 0 saturated heterocycles. The second-order valence-electron chi connectivity index (χ2n) is 7.39. The van der Waals surface area contributed by atoms with Crippen LogP contribution in [0.4, 0.5) is 16.3 Å². The number of hydrogen-bond donors (Lipinski definition) is 3. The van der Waals surface area contributed by atoms with Gasteiger partial charge in [-0.25, -0.2) is 9.48 Å². The van der Waals surface area contributed by atoms with Gasteiger partial charge in [0.15, 0.2) is 11.5 Å². The molecule has 0 unspecified atom stereocenters. The van der Waals surface area contributed by atoms with Crippen molar-refractivity contribution >= 4 is 17.5 Å². The van der Waals surface area contributed by atoms with Crippen LogP contribution in [0.2, 0.25) is 0 Å². The lowest BCUT2D eigenvalue weighted by molar-refractivity contribution is 0.262. The fraction of sp³-hybridized carbons (Fsp3) is 0.333. The highest BCUT2D eigenvalue weighted by Gasteiger charge is 2.14. The summed E-state index contributed by atoms with van der Waals surface area (Å²) in [6.45, 7) is 2.71. The van der Waals surface area contributed by atoms with Gasteiger partial charge in [0.25, 0.3) is 0 Å². The number of rotatable bonds is 10. The van der Waals surface area contributed by atoms with E-state index in [-0.39, 0.29) is 6.03 Å². The van der Waals surface area contributed by atoms with Gasteiger partial charge in [0.2, 0.25) is 0 Å². The number of carbonyl (C=O) groups is 1. The largest absolute Gasteiger partial charge is 0.493 e. The third-order valence-corrected chi connectivity index (χ3v) is 5.02. The molecule has 0 atom stereocenters. The second kappa shape index (κ2) is 11.2. The highest BCUT2D eigenvalue weighted by atomic mass is 16.5. The molecule has 32 heavy (non-hydrogen) atoms. The van der Waals surface area contributed by atoms with Crippen molar-refractivity contribution in [3.8, 4) is 17.2 Å². The molecule has 170 valence electrons. The van der Waals surface area contributed by atoms with Crippen LogP contribution in [0.5, 0.6) is 11.5 Å². The highest BCUT2D eigenvalue weighted by molar-refractivity contribution is 5.99. The molecule has 8 nitrogen and oxygen atoms in total. The molecule has 0 spiro atoms. The third kappa shape index (κ3) is 5.79. The molecule has 0 aliphatic rings. The molecular formula is C24H31N5O3. The molecule has 4 N–H and O–H groups in total. The number of nitrogens with two attached hydrogens (primary N) is 1. The Balaban J connectivity index is 1.83. The molecule has 1 aromatic heterocycles. The van der Waals surface area contributed by atoms with Crippen LogP contribution >= 0.6 is 0 Å². The number of nitrogens with zero attached hydrogens (tertiary/aromatic N) is 2. The molecule has 0 bridgehead atoms. The first-order valence-electron chi connectivity index (χ1n) is 10.8. The SMILES string of the molecule is CCCCc1cc(NC(=O)Nc2ccc(OC)c(OC)c2)n(-c2cccc(CCN)c2)n1. The lowest BCUT2D eigenvalue weighted by Gasteiger charge is -2.12. The third-order valence-electron chi connectivity index (χ3n) is 5.02. The van der Waals surface area contributed by atoms with Crippen LogP contribution in [0, 0.1) is 0 Å². The van der Waals surface area contributed by atoms with Gasteiger partial charge in [0, 0.05) is 17.8 Å². The van der Waals surface area contributed by atoms with E-state index in [2.05, 4.69) is 17.6 Å². The van der Waals surface area contributed by atoms with Crippen molar-refractivity contribution in [2.45, 2.75) is 32.6 Å².